The van der Waals surface area contributed by atoms with Crippen LogP contribution in [-0.4, -0.2) is 26.1 Å². The summed E-state index contributed by atoms with van der Waals surface area (Å²) >= 11 is 0. The van der Waals surface area contributed by atoms with Gasteiger partial charge in [-0.2, -0.15) is 13.2 Å². The zero-order valence-corrected chi connectivity index (χ0v) is 16.1. The zero-order valence-electron chi connectivity index (χ0n) is 16.1. The smallest absolute Gasteiger partial charge is 0.507 e. The van der Waals surface area contributed by atoms with Crippen molar-refractivity contribution in [3.05, 3.63) is 70.6 Å². The molecule has 0 unspecified atom stereocenters. The molecule has 1 heterocycles. The molecule has 33 heavy (non-hydrogen) atoms. The number of phenols is 2. The van der Waals surface area contributed by atoms with E-state index in [0.29, 0.717) is 0 Å². The molecule has 0 amide bonds. The van der Waals surface area contributed by atoms with Gasteiger partial charge in [-0.3, -0.25) is 4.57 Å². The number of aromatic amines is 1. The van der Waals surface area contributed by atoms with Crippen molar-refractivity contribution in [2.75, 3.05) is 0 Å². The minimum atomic E-state index is -4.95. The maximum absolute atomic E-state index is 13.0. The maximum atomic E-state index is 13.0. The number of fused-ring (bicyclic) bond motifs is 1. The molecule has 0 saturated heterocycles. The van der Waals surface area contributed by atoms with Gasteiger partial charge in [-0.05, 0) is 42.0 Å². The SMILES string of the molecule is O=c1[nH]c2cc(C(F)(F)F)ccc2n1-c1cc(-c2cccc(OC(F)(F)F)c2)c(O)cc1O. The summed E-state index contributed by atoms with van der Waals surface area (Å²) in [6.45, 7) is 0. The number of aromatic nitrogens is 2. The largest absolute Gasteiger partial charge is 0.573 e. The Hall–Kier alpha value is -4.09. The van der Waals surface area contributed by atoms with Crippen molar-refractivity contribution in [2.45, 2.75) is 12.5 Å². The predicted octanol–water partition coefficient (Wildman–Crippen LogP) is 5.31. The summed E-state index contributed by atoms with van der Waals surface area (Å²) in [5, 5.41) is 20.6. The first-order chi connectivity index (χ1) is 15.3. The second-order valence-electron chi connectivity index (χ2n) is 6.93. The van der Waals surface area contributed by atoms with Gasteiger partial charge < -0.3 is 19.9 Å². The van der Waals surface area contributed by atoms with Gasteiger partial charge in [0.25, 0.3) is 0 Å². The van der Waals surface area contributed by atoms with E-state index in [4.69, 9.17) is 0 Å². The highest BCUT2D eigenvalue weighted by Crippen LogP contribution is 2.39. The van der Waals surface area contributed by atoms with Gasteiger partial charge in [-0.25, -0.2) is 4.79 Å². The summed E-state index contributed by atoms with van der Waals surface area (Å²) in [6.07, 6.45) is -9.60. The molecular weight excluding hydrogens is 458 g/mol. The van der Waals surface area contributed by atoms with E-state index >= 15 is 0 Å². The number of rotatable bonds is 3. The Balaban J connectivity index is 1.87. The average molecular weight is 470 g/mol. The molecule has 0 aliphatic rings. The summed E-state index contributed by atoms with van der Waals surface area (Å²) in [6, 6.07) is 9.09. The fourth-order valence-corrected chi connectivity index (χ4v) is 3.36. The molecular formula is C21H12F6N2O4. The van der Waals surface area contributed by atoms with E-state index in [1.807, 2.05) is 0 Å². The van der Waals surface area contributed by atoms with Crippen molar-refractivity contribution >= 4 is 11.0 Å². The maximum Gasteiger partial charge on any atom is 0.573 e. The van der Waals surface area contributed by atoms with E-state index in [-0.39, 0.29) is 27.8 Å². The van der Waals surface area contributed by atoms with Crippen LogP contribution in [0.4, 0.5) is 26.3 Å². The van der Waals surface area contributed by atoms with E-state index in [9.17, 15) is 41.4 Å². The molecule has 0 atom stereocenters. The molecule has 1 aromatic heterocycles. The minimum Gasteiger partial charge on any atom is -0.507 e. The first-order valence-electron chi connectivity index (χ1n) is 9.08. The van der Waals surface area contributed by atoms with Gasteiger partial charge in [-0.15, -0.1) is 13.2 Å². The van der Waals surface area contributed by atoms with Gasteiger partial charge in [0.15, 0.2) is 0 Å². The standard InChI is InChI=1S/C21H12F6N2O4/c22-20(23,24)11-4-5-15-14(7-11)28-19(32)29(15)16-8-13(17(30)9-18(16)31)10-2-1-3-12(6-10)33-21(25,26)27/h1-9,30-31H,(H,28,32). The van der Waals surface area contributed by atoms with Crippen LogP contribution in [0, 0.1) is 0 Å². The summed E-state index contributed by atoms with van der Waals surface area (Å²) in [7, 11) is 0. The molecule has 4 aromatic rings. The second-order valence-corrected chi connectivity index (χ2v) is 6.93. The van der Waals surface area contributed by atoms with Crippen LogP contribution >= 0.6 is 0 Å². The van der Waals surface area contributed by atoms with E-state index < -0.39 is 41.0 Å². The van der Waals surface area contributed by atoms with Crippen molar-refractivity contribution in [1.29, 1.82) is 0 Å². The normalized spacial score (nSPS) is 12.3. The number of benzene rings is 3. The highest BCUT2D eigenvalue weighted by molar-refractivity contribution is 5.81. The third-order valence-electron chi connectivity index (χ3n) is 4.72. The van der Waals surface area contributed by atoms with Gasteiger partial charge in [0.2, 0.25) is 0 Å². The van der Waals surface area contributed by atoms with Crippen LogP contribution in [0.15, 0.2) is 59.4 Å². The lowest BCUT2D eigenvalue weighted by Gasteiger charge is -2.13. The molecule has 0 bridgehead atoms. The Morgan fingerprint density at radius 3 is 2.27 bits per heavy atom. The summed E-state index contributed by atoms with van der Waals surface area (Å²) in [4.78, 5) is 14.8. The topological polar surface area (TPSA) is 87.5 Å². The Morgan fingerprint density at radius 1 is 0.879 bits per heavy atom. The van der Waals surface area contributed by atoms with Crippen molar-refractivity contribution in [3.63, 3.8) is 0 Å². The van der Waals surface area contributed by atoms with Crippen LogP contribution in [0.3, 0.4) is 0 Å². The number of alkyl halides is 6. The highest BCUT2D eigenvalue weighted by atomic mass is 19.4. The summed E-state index contributed by atoms with van der Waals surface area (Å²) < 4.78 is 81.3. The second kappa shape index (κ2) is 7.50. The lowest BCUT2D eigenvalue weighted by Crippen LogP contribution is -2.17. The fourth-order valence-electron chi connectivity index (χ4n) is 3.36. The number of imidazole rings is 1. The van der Waals surface area contributed by atoms with Crippen LogP contribution in [0.1, 0.15) is 5.56 Å². The van der Waals surface area contributed by atoms with Crippen LogP contribution in [-0.2, 0) is 6.18 Å². The van der Waals surface area contributed by atoms with Gasteiger partial charge in [0.05, 0.1) is 22.3 Å². The Labute approximate surface area is 179 Å². The first-order valence-corrected chi connectivity index (χ1v) is 9.08. The number of ether oxygens (including phenoxy) is 1. The number of aromatic hydroxyl groups is 2. The molecule has 0 aliphatic carbocycles. The minimum absolute atomic E-state index is 0.00547. The lowest BCUT2D eigenvalue weighted by atomic mass is 10.0. The van der Waals surface area contributed by atoms with Crippen molar-refractivity contribution in [1.82, 2.24) is 9.55 Å². The first kappa shape index (κ1) is 22.1. The molecule has 12 heteroatoms. The molecule has 0 saturated carbocycles. The third-order valence-corrected chi connectivity index (χ3v) is 4.72. The molecule has 0 aliphatic heterocycles. The predicted molar refractivity (Wildman–Crippen MR) is 104 cm³/mol. The van der Waals surface area contributed by atoms with Crippen molar-refractivity contribution in [3.8, 4) is 34.1 Å². The molecule has 3 aromatic carbocycles. The van der Waals surface area contributed by atoms with Gasteiger partial charge in [0, 0.05) is 11.6 Å². The molecule has 172 valence electrons. The number of hydrogen-bond donors (Lipinski definition) is 3. The quantitative estimate of drug-likeness (QED) is 0.354. The van der Waals surface area contributed by atoms with Crippen LogP contribution in [0.2, 0.25) is 0 Å². The van der Waals surface area contributed by atoms with Gasteiger partial charge >= 0.3 is 18.2 Å². The number of nitrogens with zero attached hydrogens (tertiary/aromatic N) is 1. The monoisotopic (exact) mass is 470 g/mol. The molecule has 4 rings (SSSR count). The van der Waals surface area contributed by atoms with E-state index in [0.717, 1.165) is 47.0 Å². The zero-order chi connectivity index (χ0) is 24.1. The molecule has 0 fully saturated rings. The van der Waals surface area contributed by atoms with Gasteiger partial charge in [-0.1, -0.05) is 12.1 Å². The molecule has 6 nitrogen and oxygen atoms in total. The van der Waals surface area contributed by atoms with E-state index in [1.165, 1.54) is 12.1 Å². The van der Waals surface area contributed by atoms with Crippen molar-refractivity contribution in [2.24, 2.45) is 0 Å². The fraction of sp³-hybridized carbons (Fsp3) is 0.0952. The molecule has 3 N–H and O–H groups in total. The Morgan fingerprint density at radius 2 is 1.61 bits per heavy atom. The van der Waals surface area contributed by atoms with E-state index in [2.05, 4.69) is 9.72 Å². The molecule has 0 spiro atoms. The van der Waals surface area contributed by atoms with E-state index in [1.54, 1.807) is 0 Å². The van der Waals surface area contributed by atoms with Crippen LogP contribution < -0.4 is 10.4 Å². The van der Waals surface area contributed by atoms with Crippen LogP contribution in [0.25, 0.3) is 27.8 Å². The summed E-state index contributed by atoms with van der Waals surface area (Å²) in [5.74, 6) is -1.69. The number of nitrogens with one attached hydrogen (secondary N) is 1. The van der Waals surface area contributed by atoms with Crippen molar-refractivity contribution < 1.29 is 41.3 Å². The lowest BCUT2D eigenvalue weighted by molar-refractivity contribution is -0.274. The number of halogens is 6. The average Bonchev–Trinajstić information content (AvgIpc) is 3.01. The van der Waals surface area contributed by atoms with Gasteiger partial charge in [0.1, 0.15) is 17.2 Å². The highest BCUT2D eigenvalue weighted by Gasteiger charge is 2.32. The number of hydrogen-bond acceptors (Lipinski definition) is 4. The van der Waals surface area contributed by atoms with Crippen LogP contribution in [0.5, 0.6) is 17.2 Å². The number of phenolic OH excluding ortho intramolecular Hbond substituents is 2. The third kappa shape index (κ3) is 4.31. The summed E-state index contributed by atoms with van der Waals surface area (Å²) in [5.41, 5.74) is -2.28. The molecule has 0 radical (unpaired) electrons. The number of H-pyrrole nitrogens is 1. The Kier molecular flexibility index (Phi) is 5.03. The Bertz CT molecular complexity index is 1420.